The molecule has 1 aromatic rings. The molecule has 1 heterocycles. The third kappa shape index (κ3) is 1.98. The molecule has 3 nitrogen and oxygen atoms in total. The van der Waals surface area contributed by atoms with Gasteiger partial charge in [-0.15, -0.1) is 11.3 Å². The quantitative estimate of drug-likeness (QED) is 0.722. The van der Waals surface area contributed by atoms with Crippen molar-refractivity contribution in [2.24, 2.45) is 0 Å². The summed E-state index contributed by atoms with van der Waals surface area (Å²) in [4.78, 5) is 11.1. The Bertz CT molecular complexity index is 267. The van der Waals surface area contributed by atoms with Gasteiger partial charge in [0, 0.05) is 6.04 Å². The van der Waals surface area contributed by atoms with Gasteiger partial charge in [-0.05, 0) is 30.4 Å². The van der Waals surface area contributed by atoms with Gasteiger partial charge in [0.1, 0.15) is 0 Å². The Labute approximate surface area is 74.8 Å². The van der Waals surface area contributed by atoms with E-state index < -0.39 is 0 Å². The van der Waals surface area contributed by atoms with Gasteiger partial charge in [0.05, 0.1) is 5.00 Å². The van der Waals surface area contributed by atoms with Gasteiger partial charge in [-0.1, -0.05) is 0 Å². The molecule has 1 saturated carbocycles. The molecule has 1 aromatic heterocycles. The fraction of sp³-hybridized carbons (Fsp3) is 0.375. The first kappa shape index (κ1) is 7.61. The van der Waals surface area contributed by atoms with Crippen LogP contribution >= 0.6 is 11.3 Å². The van der Waals surface area contributed by atoms with Crippen LogP contribution in [0.25, 0.3) is 0 Å². The molecule has 12 heavy (non-hydrogen) atoms. The van der Waals surface area contributed by atoms with Crippen LogP contribution < -0.4 is 10.6 Å². The minimum atomic E-state index is -0.0834. The second kappa shape index (κ2) is 3.15. The number of carbonyl (C=O) groups is 1. The number of rotatable bonds is 2. The average Bonchev–Trinajstić information content (AvgIpc) is 2.66. The van der Waals surface area contributed by atoms with Crippen LogP contribution in [0.4, 0.5) is 9.80 Å². The van der Waals surface area contributed by atoms with Crippen LogP contribution in [0.1, 0.15) is 12.8 Å². The van der Waals surface area contributed by atoms with Crippen LogP contribution in [-0.4, -0.2) is 12.1 Å². The Kier molecular flexibility index (Phi) is 1.99. The van der Waals surface area contributed by atoms with Crippen LogP contribution in [0.2, 0.25) is 0 Å². The summed E-state index contributed by atoms with van der Waals surface area (Å²) in [6.07, 6.45) is 2.25. The number of hydrogen-bond acceptors (Lipinski definition) is 2. The highest BCUT2D eigenvalue weighted by Crippen LogP contribution is 2.19. The van der Waals surface area contributed by atoms with Gasteiger partial charge in [-0.25, -0.2) is 4.79 Å². The third-order valence-corrected chi connectivity index (χ3v) is 2.46. The lowest BCUT2D eigenvalue weighted by molar-refractivity contribution is 0.252. The Balaban J connectivity index is 1.82. The van der Waals surface area contributed by atoms with E-state index in [1.54, 1.807) is 0 Å². The molecule has 2 amide bonds. The topological polar surface area (TPSA) is 41.1 Å². The van der Waals surface area contributed by atoms with Crippen molar-refractivity contribution in [1.82, 2.24) is 5.32 Å². The lowest BCUT2D eigenvalue weighted by atomic mass is 10.6. The van der Waals surface area contributed by atoms with Gasteiger partial charge in [0.25, 0.3) is 0 Å². The number of hydrogen-bond donors (Lipinski definition) is 2. The summed E-state index contributed by atoms with van der Waals surface area (Å²) in [5.74, 6) is 0. The number of urea groups is 1. The summed E-state index contributed by atoms with van der Waals surface area (Å²) in [5, 5.41) is 8.44. The summed E-state index contributed by atoms with van der Waals surface area (Å²) in [5.41, 5.74) is 0. The van der Waals surface area contributed by atoms with Gasteiger partial charge in [-0.2, -0.15) is 0 Å². The molecule has 2 rings (SSSR count). The molecule has 0 spiro atoms. The highest BCUT2D eigenvalue weighted by atomic mass is 32.1. The molecule has 64 valence electrons. The SMILES string of the molecule is O=C(Nc1cccs1)NC1CC1. The smallest absolute Gasteiger partial charge is 0.320 e. The van der Waals surface area contributed by atoms with E-state index in [0.717, 1.165) is 17.8 Å². The standard InChI is InChI=1S/C8H10N2OS/c11-8(9-6-3-4-6)10-7-2-1-5-12-7/h1-2,5-6H,3-4H2,(H2,9,10,11). The van der Waals surface area contributed by atoms with Crippen LogP contribution in [0.3, 0.4) is 0 Å². The molecule has 0 unspecified atom stereocenters. The molecule has 1 aliphatic carbocycles. The fourth-order valence-electron chi connectivity index (χ4n) is 0.911. The van der Waals surface area contributed by atoms with Crippen molar-refractivity contribution in [2.45, 2.75) is 18.9 Å². The maximum atomic E-state index is 11.1. The molecule has 0 saturated heterocycles. The zero-order valence-electron chi connectivity index (χ0n) is 6.54. The fourth-order valence-corrected chi connectivity index (χ4v) is 1.52. The summed E-state index contributed by atoms with van der Waals surface area (Å²) < 4.78 is 0. The second-order valence-electron chi connectivity index (χ2n) is 2.85. The lowest BCUT2D eigenvalue weighted by Crippen LogP contribution is -2.29. The lowest BCUT2D eigenvalue weighted by Gasteiger charge is -2.02. The van der Waals surface area contributed by atoms with E-state index in [1.807, 2.05) is 17.5 Å². The number of carbonyl (C=O) groups excluding carboxylic acids is 1. The van der Waals surface area contributed by atoms with Crippen molar-refractivity contribution in [3.63, 3.8) is 0 Å². The number of anilines is 1. The van der Waals surface area contributed by atoms with E-state index in [0.29, 0.717) is 6.04 Å². The van der Waals surface area contributed by atoms with E-state index in [-0.39, 0.29) is 6.03 Å². The molecule has 0 aliphatic heterocycles. The maximum absolute atomic E-state index is 11.1. The van der Waals surface area contributed by atoms with Gasteiger partial charge < -0.3 is 5.32 Å². The van der Waals surface area contributed by atoms with Crippen molar-refractivity contribution >= 4 is 22.4 Å². The molecule has 2 N–H and O–H groups in total. The second-order valence-corrected chi connectivity index (χ2v) is 3.80. The van der Waals surface area contributed by atoms with Crippen LogP contribution in [0, 0.1) is 0 Å². The first-order valence-corrected chi connectivity index (χ1v) is 4.83. The van der Waals surface area contributed by atoms with Crippen LogP contribution in [0.15, 0.2) is 17.5 Å². The Hall–Kier alpha value is -1.03. The predicted molar refractivity (Wildman–Crippen MR) is 49.5 cm³/mol. The van der Waals surface area contributed by atoms with E-state index >= 15 is 0 Å². The highest BCUT2D eigenvalue weighted by molar-refractivity contribution is 7.14. The number of nitrogens with one attached hydrogen (secondary N) is 2. The third-order valence-electron chi connectivity index (χ3n) is 1.67. The van der Waals surface area contributed by atoms with E-state index in [4.69, 9.17) is 0 Å². The average molecular weight is 182 g/mol. The maximum Gasteiger partial charge on any atom is 0.320 e. The molecule has 0 atom stereocenters. The summed E-state index contributed by atoms with van der Waals surface area (Å²) in [6, 6.07) is 4.14. The normalized spacial score (nSPS) is 15.7. The zero-order chi connectivity index (χ0) is 8.39. The Morgan fingerprint density at radius 2 is 2.42 bits per heavy atom. The number of thiophene rings is 1. The van der Waals surface area contributed by atoms with Crippen molar-refractivity contribution in [3.05, 3.63) is 17.5 Å². The summed E-state index contributed by atoms with van der Waals surface area (Å²) in [6.45, 7) is 0. The Morgan fingerprint density at radius 3 is 3.00 bits per heavy atom. The van der Waals surface area contributed by atoms with Crippen molar-refractivity contribution in [1.29, 1.82) is 0 Å². The van der Waals surface area contributed by atoms with Crippen molar-refractivity contribution in [2.75, 3.05) is 5.32 Å². The molecule has 0 radical (unpaired) electrons. The molecule has 0 aromatic carbocycles. The van der Waals surface area contributed by atoms with E-state index in [9.17, 15) is 4.79 Å². The van der Waals surface area contributed by atoms with Crippen LogP contribution in [0.5, 0.6) is 0 Å². The monoisotopic (exact) mass is 182 g/mol. The molecular formula is C8H10N2OS. The predicted octanol–water partition coefficient (Wildman–Crippen LogP) is 2.03. The first-order chi connectivity index (χ1) is 5.84. The minimum absolute atomic E-state index is 0.0834. The van der Waals surface area contributed by atoms with Gasteiger partial charge in [0.2, 0.25) is 0 Å². The summed E-state index contributed by atoms with van der Waals surface area (Å²) >= 11 is 1.53. The highest BCUT2D eigenvalue weighted by Gasteiger charge is 2.23. The van der Waals surface area contributed by atoms with Crippen LogP contribution in [-0.2, 0) is 0 Å². The van der Waals surface area contributed by atoms with Gasteiger partial charge in [-0.3, -0.25) is 5.32 Å². The molecule has 1 fully saturated rings. The zero-order valence-corrected chi connectivity index (χ0v) is 7.36. The first-order valence-electron chi connectivity index (χ1n) is 3.95. The summed E-state index contributed by atoms with van der Waals surface area (Å²) in [7, 11) is 0. The minimum Gasteiger partial charge on any atom is -0.335 e. The molecule has 1 aliphatic rings. The van der Waals surface area contributed by atoms with Gasteiger partial charge in [0.15, 0.2) is 0 Å². The molecule has 0 bridgehead atoms. The largest absolute Gasteiger partial charge is 0.335 e. The van der Waals surface area contributed by atoms with Crippen molar-refractivity contribution < 1.29 is 4.79 Å². The van der Waals surface area contributed by atoms with E-state index in [1.165, 1.54) is 11.3 Å². The van der Waals surface area contributed by atoms with Gasteiger partial charge >= 0.3 is 6.03 Å². The number of amides is 2. The molecular weight excluding hydrogens is 172 g/mol. The molecule has 4 heteroatoms. The van der Waals surface area contributed by atoms with Crippen molar-refractivity contribution in [3.8, 4) is 0 Å². The van der Waals surface area contributed by atoms with E-state index in [2.05, 4.69) is 10.6 Å². The Morgan fingerprint density at radius 1 is 1.58 bits per heavy atom.